The second kappa shape index (κ2) is 3.18. The molecular formula is C11H8N4OS. The van der Waals surface area contributed by atoms with E-state index in [0.717, 1.165) is 17.5 Å². The van der Waals surface area contributed by atoms with Gasteiger partial charge in [-0.3, -0.25) is 5.41 Å². The number of thioether (sulfide) groups is 1. The molecule has 2 aliphatic rings. The number of hydrogen-bond donors (Lipinski definition) is 3. The number of rotatable bonds is 0. The first-order valence-corrected chi connectivity index (χ1v) is 5.74. The summed E-state index contributed by atoms with van der Waals surface area (Å²) in [5.41, 5.74) is 7.67. The SMILES string of the molecule is N#CC1=C(O)SC(=N)C2=C(N)n3cccc3C12. The van der Waals surface area contributed by atoms with Crippen molar-refractivity contribution < 1.29 is 5.11 Å². The number of hydrogen-bond acceptors (Lipinski definition) is 5. The molecule has 0 spiro atoms. The van der Waals surface area contributed by atoms with Gasteiger partial charge in [-0.05, 0) is 23.9 Å². The van der Waals surface area contributed by atoms with Gasteiger partial charge >= 0.3 is 0 Å². The normalized spacial score (nSPS) is 22.5. The van der Waals surface area contributed by atoms with E-state index in [1.807, 2.05) is 18.2 Å². The molecular weight excluding hydrogens is 236 g/mol. The third-order valence-corrected chi connectivity index (χ3v) is 3.82. The molecule has 84 valence electrons. The molecule has 0 aliphatic carbocycles. The Balaban J connectivity index is 2.33. The van der Waals surface area contributed by atoms with Crippen LogP contribution in [0, 0.1) is 16.7 Å². The maximum Gasteiger partial charge on any atom is 0.171 e. The number of nitrogens with zero attached hydrogens (tertiary/aromatic N) is 2. The van der Waals surface area contributed by atoms with Gasteiger partial charge < -0.3 is 15.4 Å². The Hall–Kier alpha value is -2.13. The monoisotopic (exact) mass is 244 g/mol. The molecule has 17 heavy (non-hydrogen) atoms. The van der Waals surface area contributed by atoms with Crippen molar-refractivity contribution >= 4 is 22.6 Å². The zero-order chi connectivity index (χ0) is 12.2. The van der Waals surface area contributed by atoms with E-state index >= 15 is 0 Å². The van der Waals surface area contributed by atoms with Crippen LogP contribution in [0.4, 0.5) is 0 Å². The summed E-state index contributed by atoms with van der Waals surface area (Å²) in [4.78, 5) is 0. The lowest BCUT2D eigenvalue weighted by atomic mass is 9.91. The van der Waals surface area contributed by atoms with Crippen LogP contribution >= 0.6 is 11.8 Å². The van der Waals surface area contributed by atoms with Gasteiger partial charge in [-0.25, -0.2) is 0 Å². The molecule has 3 heterocycles. The summed E-state index contributed by atoms with van der Waals surface area (Å²) >= 11 is 0.873. The average Bonchev–Trinajstić information content (AvgIpc) is 2.83. The lowest BCUT2D eigenvalue weighted by Gasteiger charge is -2.20. The number of aliphatic hydroxyl groups excluding tert-OH is 1. The molecule has 5 nitrogen and oxygen atoms in total. The molecule has 0 saturated heterocycles. The van der Waals surface area contributed by atoms with Gasteiger partial charge in [0.1, 0.15) is 16.9 Å². The smallest absolute Gasteiger partial charge is 0.171 e. The molecule has 0 fully saturated rings. The van der Waals surface area contributed by atoms with E-state index in [2.05, 4.69) is 0 Å². The fourth-order valence-electron chi connectivity index (χ4n) is 2.26. The summed E-state index contributed by atoms with van der Waals surface area (Å²) in [7, 11) is 0. The van der Waals surface area contributed by atoms with Gasteiger partial charge in [-0.15, -0.1) is 0 Å². The second-order valence-corrected chi connectivity index (χ2v) is 4.80. The van der Waals surface area contributed by atoms with Gasteiger partial charge in [0.25, 0.3) is 0 Å². The van der Waals surface area contributed by atoms with E-state index in [1.54, 1.807) is 10.8 Å². The molecule has 0 saturated carbocycles. The highest BCUT2D eigenvalue weighted by Crippen LogP contribution is 2.48. The van der Waals surface area contributed by atoms with Crippen molar-refractivity contribution in [3.8, 4) is 6.07 Å². The molecule has 2 aliphatic heterocycles. The van der Waals surface area contributed by atoms with Crippen molar-refractivity contribution in [3.05, 3.63) is 40.3 Å². The third kappa shape index (κ3) is 1.11. The minimum Gasteiger partial charge on any atom is -0.501 e. The number of nitriles is 1. The van der Waals surface area contributed by atoms with E-state index in [9.17, 15) is 5.11 Å². The van der Waals surface area contributed by atoms with Crippen LogP contribution in [0.1, 0.15) is 11.6 Å². The summed E-state index contributed by atoms with van der Waals surface area (Å²) in [6.45, 7) is 0. The van der Waals surface area contributed by atoms with Gasteiger partial charge in [-0.2, -0.15) is 5.26 Å². The summed E-state index contributed by atoms with van der Waals surface area (Å²) in [5, 5.41) is 26.8. The highest BCUT2D eigenvalue weighted by atomic mass is 32.2. The van der Waals surface area contributed by atoms with E-state index < -0.39 is 5.92 Å². The first-order chi connectivity index (χ1) is 8.15. The molecule has 1 aromatic rings. The molecule has 0 bridgehead atoms. The number of allylic oxidation sites excluding steroid dienone is 1. The Morgan fingerprint density at radius 1 is 1.59 bits per heavy atom. The molecule has 0 aromatic carbocycles. The van der Waals surface area contributed by atoms with Crippen molar-refractivity contribution in [2.75, 3.05) is 0 Å². The quantitative estimate of drug-likeness (QED) is 0.647. The number of aliphatic hydroxyl groups is 1. The number of nitrogens with two attached hydrogens (primary N) is 1. The van der Waals surface area contributed by atoms with Crippen molar-refractivity contribution in [1.29, 1.82) is 10.7 Å². The molecule has 0 amide bonds. The van der Waals surface area contributed by atoms with Crippen LogP contribution < -0.4 is 5.73 Å². The van der Waals surface area contributed by atoms with Gasteiger partial charge in [-0.1, -0.05) is 0 Å². The van der Waals surface area contributed by atoms with Crippen molar-refractivity contribution in [3.63, 3.8) is 0 Å². The van der Waals surface area contributed by atoms with Crippen LogP contribution in [0.25, 0.3) is 5.82 Å². The predicted molar refractivity (Wildman–Crippen MR) is 65.2 cm³/mol. The van der Waals surface area contributed by atoms with Crippen LogP contribution in [0.5, 0.6) is 0 Å². The lowest BCUT2D eigenvalue weighted by molar-refractivity contribution is 0.449. The molecule has 1 atom stereocenters. The molecule has 0 radical (unpaired) electrons. The zero-order valence-electron chi connectivity index (χ0n) is 8.64. The van der Waals surface area contributed by atoms with Crippen LogP contribution in [0.3, 0.4) is 0 Å². The summed E-state index contributed by atoms with van der Waals surface area (Å²) in [6.07, 6.45) is 1.79. The zero-order valence-corrected chi connectivity index (χ0v) is 9.45. The number of nitrogens with one attached hydrogen (secondary N) is 1. The van der Waals surface area contributed by atoms with E-state index in [-0.39, 0.29) is 15.7 Å². The first kappa shape index (κ1) is 10.1. The van der Waals surface area contributed by atoms with Crippen LogP contribution in [0.15, 0.2) is 34.6 Å². The molecule has 3 rings (SSSR count). The minimum absolute atomic E-state index is 0.103. The Bertz CT molecular complexity index is 647. The number of aromatic nitrogens is 1. The summed E-state index contributed by atoms with van der Waals surface area (Å²) in [6, 6.07) is 5.68. The topological polar surface area (TPSA) is 98.8 Å². The standard InChI is InChI=1S/C11H8N4OS/c12-4-5-7-6-2-1-3-15(6)9(13)8(7)10(14)17-11(5)16/h1-3,7,14,16H,13H2. The van der Waals surface area contributed by atoms with Gasteiger partial charge in [0, 0.05) is 17.5 Å². The van der Waals surface area contributed by atoms with Crippen molar-refractivity contribution in [2.45, 2.75) is 5.92 Å². The second-order valence-electron chi connectivity index (χ2n) is 3.80. The molecule has 4 N–H and O–H groups in total. The fraction of sp³-hybridized carbons (Fsp3) is 0.0909. The molecule has 6 heteroatoms. The number of fused-ring (bicyclic) bond motifs is 3. The Morgan fingerprint density at radius 2 is 2.35 bits per heavy atom. The Kier molecular flexibility index (Phi) is 1.88. The Morgan fingerprint density at radius 3 is 3.06 bits per heavy atom. The maximum atomic E-state index is 9.74. The van der Waals surface area contributed by atoms with Crippen molar-refractivity contribution in [1.82, 2.24) is 4.57 Å². The molecule has 1 aromatic heterocycles. The predicted octanol–water partition coefficient (Wildman–Crippen LogP) is 1.73. The van der Waals surface area contributed by atoms with Crippen LogP contribution in [-0.4, -0.2) is 14.7 Å². The minimum atomic E-state index is -0.399. The average molecular weight is 244 g/mol. The Labute approximate surface area is 101 Å². The van der Waals surface area contributed by atoms with E-state index in [1.165, 1.54) is 0 Å². The maximum absolute atomic E-state index is 9.74. The molecule has 1 unspecified atom stereocenters. The van der Waals surface area contributed by atoms with Gasteiger partial charge in [0.2, 0.25) is 0 Å². The third-order valence-electron chi connectivity index (χ3n) is 2.98. The van der Waals surface area contributed by atoms with E-state index in [4.69, 9.17) is 16.4 Å². The first-order valence-electron chi connectivity index (χ1n) is 4.92. The van der Waals surface area contributed by atoms with Crippen molar-refractivity contribution in [2.24, 2.45) is 5.73 Å². The summed E-state index contributed by atoms with van der Waals surface area (Å²) in [5.74, 6) is 0.0662. The largest absolute Gasteiger partial charge is 0.501 e. The lowest BCUT2D eigenvalue weighted by Crippen LogP contribution is -2.16. The van der Waals surface area contributed by atoms with Gasteiger partial charge in [0.05, 0.1) is 11.5 Å². The highest BCUT2D eigenvalue weighted by molar-refractivity contribution is 8.17. The van der Waals surface area contributed by atoms with E-state index in [0.29, 0.717) is 11.4 Å². The van der Waals surface area contributed by atoms with Crippen LogP contribution in [0.2, 0.25) is 0 Å². The fourth-order valence-corrected chi connectivity index (χ4v) is 3.06. The van der Waals surface area contributed by atoms with Gasteiger partial charge in [0.15, 0.2) is 5.09 Å². The highest BCUT2D eigenvalue weighted by Gasteiger charge is 2.40. The van der Waals surface area contributed by atoms with Crippen LogP contribution in [-0.2, 0) is 0 Å². The summed E-state index contributed by atoms with van der Waals surface area (Å²) < 4.78 is 1.76.